The van der Waals surface area contributed by atoms with Gasteiger partial charge in [-0.2, -0.15) is 11.8 Å². The highest BCUT2D eigenvalue weighted by atomic mass is 32.2. The van der Waals surface area contributed by atoms with Crippen LogP contribution in [0.25, 0.3) is 0 Å². The largest absolute Gasteiger partial charge is 0.480 e. The lowest BCUT2D eigenvalue weighted by Gasteiger charge is -2.23. The Morgan fingerprint density at radius 3 is 2.69 bits per heavy atom. The fourth-order valence-electron chi connectivity index (χ4n) is 2.00. The zero-order valence-corrected chi connectivity index (χ0v) is 10.9. The smallest absolute Gasteiger partial charge is 0.321 e. The van der Waals surface area contributed by atoms with Gasteiger partial charge in [0.2, 0.25) is 0 Å². The van der Waals surface area contributed by atoms with Gasteiger partial charge in [-0.1, -0.05) is 26.2 Å². The molecule has 0 aromatic heterocycles. The van der Waals surface area contributed by atoms with Crippen molar-refractivity contribution in [3.05, 3.63) is 0 Å². The minimum Gasteiger partial charge on any atom is -0.480 e. The molecule has 0 aromatic rings. The van der Waals surface area contributed by atoms with Gasteiger partial charge in [-0.3, -0.25) is 4.79 Å². The molecule has 1 aliphatic carbocycles. The van der Waals surface area contributed by atoms with Crippen molar-refractivity contribution in [2.24, 2.45) is 0 Å². The van der Waals surface area contributed by atoms with Crippen LogP contribution in [-0.2, 0) is 4.79 Å². The Labute approximate surface area is 102 Å². The van der Waals surface area contributed by atoms with Crippen LogP contribution in [-0.4, -0.2) is 34.7 Å². The molecule has 2 N–H and O–H groups in total. The van der Waals surface area contributed by atoms with Crippen molar-refractivity contribution in [3.63, 3.8) is 0 Å². The predicted molar refractivity (Wildman–Crippen MR) is 69.0 cm³/mol. The SMILES string of the molecule is CCCNC(CSC1CCCCC1)C(=O)O. The van der Waals surface area contributed by atoms with Crippen molar-refractivity contribution in [2.45, 2.75) is 56.7 Å². The van der Waals surface area contributed by atoms with E-state index in [0.29, 0.717) is 11.0 Å². The molecular formula is C12H23NO2S. The molecule has 0 spiro atoms. The minimum atomic E-state index is -0.711. The molecule has 0 saturated heterocycles. The Bertz CT molecular complexity index is 205. The summed E-state index contributed by atoms with van der Waals surface area (Å²) in [6, 6.07) is -0.369. The van der Waals surface area contributed by atoms with Gasteiger partial charge in [0.05, 0.1) is 0 Å². The number of carbonyl (C=O) groups is 1. The van der Waals surface area contributed by atoms with Gasteiger partial charge in [-0.25, -0.2) is 0 Å². The second-order valence-corrected chi connectivity index (χ2v) is 5.77. The van der Waals surface area contributed by atoms with Crippen LogP contribution in [0.3, 0.4) is 0 Å². The molecule has 1 unspecified atom stereocenters. The quantitative estimate of drug-likeness (QED) is 0.723. The summed E-state index contributed by atoms with van der Waals surface area (Å²) in [5.41, 5.74) is 0. The molecule has 0 radical (unpaired) electrons. The monoisotopic (exact) mass is 245 g/mol. The summed E-state index contributed by atoms with van der Waals surface area (Å²) in [6.45, 7) is 2.85. The van der Waals surface area contributed by atoms with Crippen LogP contribution in [0.15, 0.2) is 0 Å². The van der Waals surface area contributed by atoms with Gasteiger partial charge < -0.3 is 10.4 Å². The Hall–Kier alpha value is -0.220. The highest BCUT2D eigenvalue weighted by Gasteiger charge is 2.20. The number of carboxylic acid groups (broad SMARTS) is 1. The maximum atomic E-state index is 11.0. The molecule has 4 heteroatoms. The Morgan fingerprint density at radius 1 is 1.44 bits per heavy atom. The molecular weight excluding hydrogens is 222 g/mol. The molecule has 0 heterocycles. The Morgan fingerprint density at radius 2 is 2.12 bits per heavy atom. The first-order valence-corrected chi connectivity index (χ1v) is 7.36. The summed E-state index contributed by atoms with van der Waals surface area (Å²) < 4.78 is 0. The summed E-state index contributed by atoms with van der Waals surface area (Å²) in [7, 11) is 0. The number of thioether (sulfide) groups is 1. The number of nitrogens with one attached hydrogen (secondary N) is 1. The molecule has 0 aromatic carbocycles. The first kappa shape index (κ1) is 13.8. The molecule has 0 bridgehead atoms. The fourth-order valence-corrected chi connectivity index (χ4v) is 3.39. The van der Waals surface area contributed by atoms with Gasteiger partial charge in [0.1, 0.15) is 6.04 Å². The summed E-state index contributed by atoms with van der Waals surface area (Å²) in [5, 5.41) is 12.8. The van der Waals surface area contributed by atoms with E-state index in [-0.39, 0.29) is 6.04 Å². The molecule has 16 heavy (non-hydrogen) atoms. The van der Waals surface area contributed by atoms with Crippen molar-refractivity contribution >= 4 is 17.7 Å². The molecule has 1 aliphatic rings. The maximum Gasteiger partial charge on any atom is 0.321 e. The highest BCUT2D eigenvalue weighted by molar-refractivity contribution is 7.99. The molecule has 0 amide bonds. The second kappa shape index (κ2) is 7.96. The van der Waals surface area contributed by atoms with Crippen LogP contribution in [0.5, 0.6) is 0 Å². The molecule has 1 fully saturated rings. The summed E-state index contributed by atoms with van der Waals surface area (Å²) in [5.74, 6) is -0.00300. The number of hydrogen-bond acceptors (Lipinski definition) is 3. The van der Waals surface area contributed by atoms with Crippen LogP contribution in [0.2, 0.25) is 0 Å². The van der Waals surface area contributed by atoms with Crippen molar-refractivity contribution in [1.29, 1.82) is 0 Å². The van der Waals surface area contributed by atoms with Crippen molar-refractivity contribution < 1.29 is 9.90 Å². The van der Waals surface area contributed by atoms with E-state index in [1.165, 1.54) is 32.1 Å². The van der Waals surface area contributed by atoms with Gasteiger partial charge in [0.15, 0.2) is 0 Å². The lowest BCUT2D eigenvalue weighted by Crippen LogP contribution is -2.39. The van der Waals surface area contributed by atoms with E-state index < -0.39 is 5.97 Å². The standard InChI is InChI=1S/C12H23NO2S/c1-2-8-13-11(12(14)15)9-16-10-6-4-3-5-7-10/h10-11,13H,2-9H2,1H3,(H,14,15). The van der Waals surface area contributed by atoms with E-state index >= 15 is 0 Å². The van der Waals surface area contributed by atoms with Crippen LogP contribution < -0.4 is 5.32 Å². The van der Waals surface area contributed by atoms with Crippen molar-refractivity contribution in [2.75, 3.05) is 12.3 Å². The summed E-state index contributed by atoms with van der Waals surface area (Å²) >= 11 is 1.84. The van der Waals surface area contributed by atoms with Crippen LogP contribution in [0.1, 0.15) is 45.4 Å². The fraction of sp³-hybridized carbons (Fsp3) is 0.917. The topological polar surface area (TPSA) is 49.3 Å². The van der Waals surface area contributed by atoms with Gasteiger partial charge >= 0.3 is 5.97 Å². The third kappa shape index (κ3) is 5.21. The molecule has 3 nitrogen and oxygen atoms in total. The van der Waals surface area contributed by atoms with Gasteiger partial charge in [-0.15, -0.1) is 0 Å². The average Bonchev–Trinajstić information content (AvgIpc) is 2.30. The third-order valence-electron chi connectivity index (χ3n) is 2.99. The lowest BCUT2D eigenvalue weighted by molar-refractivity contribution is -0.138. The number of rotatable bonds is 7. The number of aliphatic carboxylic acids is 1. The first-order valence-electron chi connectivity index (χ1n) is 6.31. The van der Waals surface area contributed by atoms with E-state index in [2.05, 4.69) is 12.2 Å². The van der Waals surface area contributed by atoms with Crippen LogP contribution in [0, 0.1) is 0 Å². The first-order chi connectivity index (χ1) is 7.74. The van der Waals surface area contributed by atoms with Gasteiger partial charge in [0, 0.05) is 11.0 Å². The van der Waals surface area contributed by atoms with Crippen LogP contribution in [0.4, 0.5) is 0 Å². The molecule has 94 valence electrons. The minimum absolute atomic E-state index is 0.369. The van der Waals surface area contributed by atoms with E-state index in [1.54, 1.807) is 0 Å². The molecule has 1 rings (SSSR count). The predicted octanol–water partition coefficient (Wildman–Crippen LogP) is 2.51. The van der Waals surface area contributed by atoms with Crippen molar-refractivity contribution in [1.82, 2.24) is 5.32 Å². The molecule has 1 atom stereocenters. The zero-order chi connectivity index (χ0) is 11.8. The molecule has 1 saturated carbocycles. The molecule has 0 aliphatic heterocycles. The zero-order valence-electron chi connectivity index (χ0n) is 10.1. The highest BCUT2D eigenvalue weighted by Crippen LogP contribution is 2.28. The van der Waals surface area contributed by atoms with E-state index in [0.717, 1.165) is 13.0 Å². The summed E-state index contributed by atoms with van der Waals surface area (Å²) in [4.78, 5) is 11.0. The van der Waals surface area contributed by atoms with Gasteiger partial charge in [-0.05, 0) is 25.8 Å². The Balaban J connectivity index is 2.22. The number of hydrogen-bond donors (Lipinski definition) is 2. The third-order valence-corrected chi connectivity index (χ3v) is 4.46. The normalized spacial score (nSPS) is 19.6. The van der Waals surface area contributed by atoms with E-state index in [9.17, 15) is 4.79 Å². The average molecular weight is 245 g/mol. The van der Waals surface area contributed by atoms with Gasteiger partial charge in [0.25, 0.3) is 0 Å². The van der Waals surface area contributed by atoms with E-state index in [1.807, 2.05) is 11.8 Å². The lowest BCUT2D eigenvalue weighted by atomic mass is 10.0. The number of carboxylic acids is 1. The second-order valence-electron chi connectivity index (χ2n) is 4.44. The van der Waals surface area contributed by atoms with Crippen molar-refractivity contribution in [3.8, 4) is 0 Å². The Kier molecular flexibility index (Phi) is 6.88. The maximum absolute atomic E-state index is 11.0. The van der Waals surface area contributed by atoms with E-state index in [4.69, 9.17) is 5.11 Å². The summed E-state index contributed by atoms with van der Waals surface area (Å²) in [6.07, 6.45) is 7.51. The van der Waals surface area contributed by atoms with Crippen LogP contribution >= 0.6 is 11.8 Å².